The Morgan fingerprint density at radius 2 is 1.46 bits per heavy atom. The molecule has 1 heterocycles. The van der Waals surface area contributed by atoms with Gasteiger partial charge in [0.05, 0.1) is 36.7 Å². The van der Waals surface area contributed by atoms with E-state index in [0.29, 0.717) is 37.2 Å². The molecule has 25 heteroatoms. The van der Waals surface area contributed by atoms with Gasteiger partial charge < -0.3 is 37.4 Å². The zero-order chi connectivity index (χ0) is 41.8. The van der Waals surface area contributed by atoms with Crippen LogP contribution in [0.2, 0.25) is 0 Å². The molecule has 3 rings (SSSR count). The number of thiophene rings is 1. The van der Waals surface area contributed by atoms with Crippen molar-refractivity contribution in [1.29, 1.82) is 10.8 Å². The van der Waals surface area contributed by atoms with E-state index in [1.54, 1.807) is 37.4 Å². The average Bonchev–Trinajstić information content (AvgIpc) is 3.49. The summed E-state index contributed by atoms with van der Waals surface area (Å²) in [6.45, 7) is 1.78. The van der Waals surface area contributed by atoms with Crippen molar-refractivity contribution in [2.24, 2.45) is 11.5 Å². The fourth-order valence-electron chi connectivity index (χ4n) is 3.77. The molecule has 0 atom stereocenters. The number of alkyl halides is 6. The van der Waals surface area contributed by atoms with Crippen molar-refractivity contribution in [3.8, 4) is 11.1 Å². The summed E-state index contributed by atoms with van der Waals surface area (Å²) < 4.78 is 91.3. The van der Waals surface area contributed by atoms with Gasteiger partial charge >= 0.3 is 30.3 Å². The Bertz CT molecular complexity index is 1980. The number of carboxylic acid groups (broad SMARTS) is 3. The summed E-state index contributed by atoms with van der Waals surface area (Å²) in [7, 11) is -3.98. The van der Waals surface area contributed by atoms with Gasteiger partial charge in [0.1, 0.15) is 5.84 Å². The smallest absolute Gasteiger partial charge is 0.481 e. The van der Waals surface area contributed by atoms with Crippen LogP contribution in [0.1, 0.15) is 16.9 Å². The monoisotopic (exact) mass is 848 g/mol. The molecule has 3 aromatic rings. The maximum absolute atomic E-state index is 13.7. The van der Waals surface area contributed by atoms with Crippen molar-refractivity contribution < 1.29 is 69.3 Å². The third kappa shape index (κ3) is 14.8. The fourth-order valence-corrected chi connectivity index (χ4v) is 8.40. The Hall–Kier alpha value is -5.01. The molecule has 0 bridgehead atoms. The van der Waals surface area contributed by atoms with Crippen molar-refractivity contribution in [1.82, 2.24) is 0 Å². The number of sulfone groups is 1. The molecule has 15 nitrogen and oxygen atoms in total. The zero-order valence-corrected chi connectivity index (χ0v) is 30.8. The van der Waals surface area contributed by atoms with E-state index in [1.807, 2.05) is 0 Å². The van der Waals surface area contributed by atoms with Crippen LogP contribution in [0.25, 0.3) is 11.1 Å². The van der Waals surface area contributed by atoms with Gasteiger partial charge in [-0.2, -0.15) is 38.1 Å². The van der Waals surface area contributed by atoms with E-state index < -0.39 is 40.1 Å². The van der Waals surface area contributed by atoms with Gasteiger partial charge in [0.25, 0.3) is 0 Å². The van der Waals surface area contributed by atoms with E-state index in [0.717, 1.165) is 11.3 Å². The number of amides is 1. The van der Waals surface area contributed by atoms with E-state index in [2.05, 4.69) is 10.6 Å². The number of thioether (sulfide) groups is 2. The predicted molar refractivity (Wildman–Crippen MR) is 190 cm³/mol. The molecule has 0 saturated heterocycles. The van der Waals surface area contributed by atoms with Crippen molar-refractivity contribution in [3.63, 3.8) is 0 Å². The summed E-state index contributed by atoms with van der Waals surface area (Å²) >= 11 is 3.56. The van der Waals surface area contributed by atoms with Gasteiger partial charge in [0, 0.05) is 17.0 Å². The summed E-state index contributed by atoms with van der Waals surface area (Å²) in [5.41, 5.74) is 13.7. The number of carboxylic acids is 3. The largest absolute Gasteiger partial charge is 0.490 e. The topological polar surface area (TPSA) is 287 Å². The molecule has 296 valence electrons. The molecule has 54 heavy (non-hydrogen) atoms. The normalized spacial score (nSPS) is 11.2. The molecular weight excluding hydrogens is 819 g/mol. The second kappa shape index (κ2) is 19.9. The first-order chi connectivity index (χ1) is 24.7. The Balaban J connectivity index is 0.000000879. The second-order valence-electron chi connectivity index (χ2n) is 10.0. The third-order valence-electron chi connectivity index (χ3n) is 5.91. The van der Waals surface area contributed by atoms with E-state index in [-0.39, 0.29) is 45.4 Å². The number of rotatable bonds is 12. The standard InChI is InChI=1S/C25H28N6O5S4.2C2HF3O2/c1-13-8-15(30-25(28)29)10-17(31-20(32)12-38-7-6-21(33)34)22(13)14-4-3-5-16(9-14)40(35,36)19-11-18(23(26)27)39-24(19)37-2;2*3-2(4,5)1(6)7/h3-5,8-11H,6-7,12H2,1-2H3,(H3,26,27)(H,31,32)(H,33,34)(H4,28,29,30);2*(H,6,7). The molecule has 2 aromatic carbocycles. The number of hydrogen-bond acceptors (Lipinski definition) is 11. The van der Waals surface area contributed by atoms with Crippen molar-refractivity contribution >= 4 is 91.7 Å². The zero-order valence-electron chi connectivity index (χ0n) is 27.5. The molecule has 0 radical (unpaired) electrons. The number of aryl methyl sites for hydroxylation is 1. The predicted octanol–water partition coefficient (Wildman–Crippen LogP) is 5.28. The average molecular weight is 849 g/mol. The van der Waals surface area contributed by atoms with Crippen LogP contribution >= 0.6 is 34.9 Å². The lowest BCUT2D eigenvalue weighted by Crippen LogP contribution is -2.21. The fraction of sp³-hybridized carbons (Fsp3) is 0.241. The minimum Gasteiger partial charge on any atom is -0.481 e. The maximum atomic E-state index is 13.7. The van der Waals surface area contributed by atoms with Gasteiger partial charge in [0.2, 0.25) is 15.7 Å². The Kier molecular flexibility index (Phi) is 17.3. The first-order valence-corrected chi connectivity index (χ1v) is 18.7. The number of aliphatic carboxylic acids is 3. The summed E-state index contributed by atoms with van der Waals surface area (Å²) in [6.07, 6.45) is -8.49. The summed E-state index contributed by atoms with van der Waals surface area (Å²) in [6, 6.07) is 11.0. The van der Waals surface area contributed by atoms with Crippen LogP contribution in [0, 0.1) is 17.7 Å². The summed E-state index contributed by atoms with van der Waals surface area (Å²) in [5, 5.41) is 43.9. The molecule has 1 aromatic heterocycles. The van der Waals surface area contributed by atoms with Crippen LogP contribution in [0.4, 0.5) is 37.7 Å². The van der Waals surface area contributed by atoms with Crippen molar-refractivity contribution in [3.05, 3.63) is 52.9 Å². The molecule has 0 aliphatic heterocycles. The number of nitrogen functional groups attached to an aromatic ring is 1. The minimum atomic E-state index is -5.08. The van der Waals surface area contributed by atoms with Crippen LogP contribution < -0.4 is 22.1 Å². The minimum absolute atomic E-state index is 0.0126. The number of carbonyl (C=O) groups excluding carboxylic acids is 1. The van der Waals surface area contributed by atoms with Crippen LogP contribution in [0.5, 0.6) is 0 Å². The summed E-state index contributed by atoms with van der Waals surface area (Å²) in [4.78, 5) is 41.7. The molecular formula is C29H30F6N6O9S4. The van der Waals surface area contributed by atoms with Gasteiger partial charge in [0.15, 0.2) is 5.96 Å². The van der Waals surface area contributed by atoms with Crippen molar-refractivity contribution in [2.45, 2.75) is 39.7 Å². The van der Waals surface area contributed by atoms with Gasteiger partial charge in [-0.1, -0.05) is 12.1 Å². The number of benzene rings is 2. The number of halogens is 6. The quantitative estimate of drug-likeness (QED) is 0.0369. The number of guanidine groups is 1. The van der Waals surface area contributed by atoms with E-state index in [4.69, 9.17) is 47.2 Å². The van der Waals surface area contributed by atoms with Crippen LogP contribution in [0.15, 0.2) is 56.5 Å². The van der Waals surface area contributed by atoms with E-state index in [9.17, 15) is 44.3 Å². The van der Waals surface area contributed by atoms with Gasteiger partial charge in [-0.25, -0.2) is 18.0 Å². The van der Waals surface area contributed by atoms with Gasteiger partial charge in [-0.05, 0) is 54.6 Å². The number of nitrogens with two attached hydrogens (primary N) is 2. The molecule has 11 N–H and O–H groups in total. The number of anilines is 2. The Labute approximate surface area is 314 Å². The molecule has 0 unspecified atom stereocenters. The lowest BCUT2D eigenvalue weighted by Gasteiger charge is -2.18. The summed E-state index contributed by atoms with van der Waals surface area (Å²) in [5.74, 6) is -7.07. The van der Waals surface area contributed by atoms with Crippen LogP contribution in [-0.4, -0.2) is 89.5 Å². The third-order valence-corrected chi connectivity index (χ3v) is 11.2. The molecule has 0 fully saturated rings. The molecule has 0 aliphatic rings. The van der Waals surface area contributed by atoms with E-state index in [1.165, 1.54) is 41.7 Å². The highest BCUT2D eigenvalue weighted by Crippen LogP contribution is 2.39. The first kappa shape index (κ1) is 47.0. The molecule has 0 spiro atoms. The van der Waals surface area contributed by atoms with Gasteiger partial charge in [-0.3, -0.25) is 20.4 Å². The highest BCUT2D eigenvalue weighted by Gasteiger charge is 2.39. The lowest BCUT2D eigenvalue weighted by atomic mass is 9.97. The number of hydrogen-bond donors (Lipinski definition) is 9. The SMILES string of the molecule is CSc1sc(C(=N)N)cc1S(=O)(=O)c1cccc(-c2c(C)cc(NC(=N)N)cc2NC(=O)CSCCC(=O)O)c1.O=C(O)C(F)(F)F.O=C(O)C(F)(F)F. The Morgan fingerprint density at radius 3 is 1.93 bits per heavy atom. The lowest BCUT2D eigenvalue weighted by molar-refractivity contribution is -0.193. The van der Waals surface area contributed by atoms with Crippen molar-refractivity contribution in [2.75, 3.05) is 28.4 Å². The Morgan fingerprint density at radius 1 is 0.907 bits per heavy atom. The first-order valence-electron chi connectivity index (χ1n) is 14.0. The van der Waals surface area contributed by atoms with Crippen LogP contribution in [0.3, 0.4) is 0 Å². The second-order valence-corrected chi connectivity index (χ2v) is 15.2. The number of amidine groups is 1. The number of nitrogens with one attached hydrogen (secondary N) is 4. The molecule has 0 saturated carbocycles. The van der Waals surface area contributed by atoms with Gasteiger partial charge in [-0.15, -0.1) is 23.1 Å². The molecule has 1 amide bonds. The highest BCUT2D eigenvalue weighted by atomic mass is 32.2. The maximum Gasteiger partial charge on any atom is 0.490 e. The number of carbonyl (C=O) groups is 4. The van der Waals surface area contributed by atoms with Crippen LogP contribution in [-0.2, 0) is 29.0 Å². The molecule has 0 aliphatic carbocycles. The highest BCUT2D eigenvalue weighted by molar-refractivity contribution is 8.01. The van der Waals surface area contributed by atoms with E-state index >= 15 is 0 Å².